The number of hydrogen-bond donors (Lipinski definition) is 0. The minimum Gasteiger partial charge on any atom is -0.378 e. The molecule has 0 aliphatic carbocycles. The normalized spacial score (nSPS) is 18.4. The summed E-state index contributed by atoms with van der Waals surface area (Å²) in [6.07, 6.45) is 0.434. The van der Waals surface area contributed by atoms with Crippen LogP contribution < -0.4 is 0 Å². The van der Waals surface area contributed by atoms with Gasteiger partial charge in [-0.3, -0.25) is 4.79 Å². The molecule has 0 bridgehead atoms. The lowest BCUT2D eigenvalue weighted by molar-refractivity contribution is -0.140. The van der Waals surface area contributed by atoms with Gasteiger partial charge in [0.2, 0.25) is 5.91 Å². The standard InChI is InChI=1S/C10H19NO3/c1-10(2,13-3)8-9(12)11-4-6-14-7-5-11/h4-8H2,1-3H3. The predicted octanol–water partition coefficient (Wildman–Crippen LogP) is 0.660. The zero-order chi connectivity index (χ0) is 10.6. The van der Waals surface area contributed by atoms with Crippen molar-refractivity contribution in [3.63, 3.8) is 0 Å². The third-order valence-electron chi connectivity index (χ3n) is 2.49. The second-order valence-corrected chi connectivity index (χ2v) is 4.13. The third-order valence-corrected chi connectivity index (χ3v) is 2.49. The molecule has 1 heterocycles. The molecule has 14 heavy (non-hydrogen) atoms. The Bertz CT molecular complexity index is 198. The molecule has 0 radical (unpaired) electrons. The van der Waals surface area contributed by atoms with Crippen molar-refractivity contribution in [2.24, 2.45) is 0 Å². The van der Waals surface area contributed by atoms with Crippen LogP contribution in [0.15, 0.2) is 0 Å². The van der Waals surface area contributed by atoms with Gasteiger partial charge >= 0.3 is 0 Å². The molecule has 0 saturated carbocycles. The van der Waals surface area contributed by atoms with Crippen molar-refractivity contribution in [3.8, 4) is 0 Å². The molecule has 0 aromatic heterocycles. The van der Waals surface area contributed by atoms with Crippen LogP contribution in [0.3, 0.4) is 0 Å². The van der Waals surface area contributed by atoms with Gasteiger partial charge in [-0.25, -0.2) is 0 Å². The first-order chi connectivity index (χ1) is 6.55. The Balaban J connectivity index is 2.40. The molecular weight excluding hydrogens is 182 g/mol. The van der Waals surface area contributed by atoms with Gasteiger partial charge in [-0.1, -0.05) is 0 Å². The summed E-state index contributed by atoms with van der Waals surface area (Å²) in [6.45, 7) is 6.56. The van der Waals surface area contributed by atoms with Gasteiger partial charge in [0.05, 0.1) is 25.2 Å². The number of methoxy groups -OCH3 is 1. The van der Waals surface area contributed by atoms with E-state index in [9.17, 15) is 4.79 Å². The number of amides is 1. The van der Waals surface area contributed by atoms with Crippen LogP contribution in [0.2, 0.25) is 0 Å². The third kappa shape index (κ3) is 3.27. The molecule has 82 valence electrons. The predicted molar refractivity (Wildman–Crippen MR) is 53.1 cm³/mol. The van der Waals surface area contributed by atoms with E-state index in [-0.39, 0.29) is 11.5 Å². The van der Waals surface area contributed by atoms with Crippen LogP contribution in [0.1, 0.15) is 20.3 Å². The molecule has 1 rings (SSSR count). The lowest BCUT2D eigenvalue weighted by Gasteiger charge is -2.30. The van der Waals surface area contributed by atoms with Crippen molar-refractivity contribution in [2.75, 3.05) is 33.4 Å². The summed E-state index contributed by atoms with van der Waals surface area (Å²) in [5, 5.41) is 0. The van der Waals surface area contributed by atoms with E-state index in [1.807, 2.05) is 18.7 Å². The summed E-state index contributed by atoms with van der Waals surface area (Å²) in [6, 6.07) is 0. The first-order valence-electron chi connectivity index (χ1n) is 4.96. The molecule has 0 unspecified atom stereocenters. The first kappa shape index (κ1) is 11.5. The smallest absolute Gasteiger partial charge is 0.225 e. The van der Waals surface area contributed by atoms with Gasteiger partial charge in [0.25, 0.3) is 0 Å². The number of carbonyl (C=O) groups excluding carboxylic acids is 1. The maximum atomic E-state index is 11.8. The van der Waals surface area contributed by atoms with Crippen LogP contribution in [-0.2, 0) is 14.3 Å². The second kappa shape index (κ2) is 4.75. The fraction of sp³-hybridized carbons (Fsp3) is 0.900. The van der Waals surface area contributed by atoms with Gasteiger partial charge < -0.3 is 14.4 Å². The molecule has 1 aliphatic rings. The van der Waals surface area contributed by atoms with E-state index in [1.54, 1.807) is 7.11 Å². The molecule has 4 nitrogen and oxygen atoms in total. The largest absolute Gasteiger partial charge is 0.378 e. The highest BCUT2D eigenvalue weighted by molar-refractivity contribution is 5.77. The molecule has 1 saturated heterocycles. The van der Waals surface area contributed by atoms with Crippen molar-refractivity contribution in [1.29, 1.82) is 0 Å². The SMILES string of the molecule is COC(C)(C)CC(=O)N1CCOCC1. The summed E-state index contributed by atoms with van der Waals surface area (Å²) < 4.78 is 10.4. The maximum Gasteiger partial charge on any atom is 0.225 e. The molecule has 0 aromatic rings. The minimum absolute atomic E-state index is 0.153. The van der Waals surface area contributed by atoms with E-state index < -0.39 is 0 Å². The summed E-state index contributed by atoms with van der Waals surface area (Å²) >= 11 is 0. The van der Waals surface area contributed by atoms with Gasteiger partial charge in [0, 0.05) is 20.2 Å². The van der Waals surface area contributed by atoms with Crippen LogP contribution in [0.4, 0.5) is 0 Å². The molecule has 1 fully saturated rings. The van der Waals surface area contributed by atoms with Crippen LogP contribution in [0.5, 0.6) is 0 Å². The number of morpholine rings is 1. The lowest BCUT2D eigenvalue weighted by atomic mass is 10.0. The molecule has 1 amide bonds. The van der Waals surface area contributed by atoms with E-state index >= 15 is 0 Å². The van der Waals surface area contributed by atoms with E-state index in [0.29, 0.717) is 32.7 Å². The zero-order valence-corrected chi connectivity index (χ0v) is 9.21. The minimum atomic E-state index is -0.366. The van der Waals surface area contributed by atoms with E-state index in [4.69, 9.17) is 9.47 Å². The highest BCUT2D eigenvalue weighted by Gasteiger charge is 2.25. The van der Waals surface area contributed by atoms with E-state index in [2.05, 4.69) is 0 Å². The summed E-state index contributed by atoms with van der Waals surface area (Å²) in [5.41, 5.74) is -0.366. The van der Waals surface area contributed by atoms with Gasteiger partial charge in [0.15, 0.2) is 0 Å². The number of ether oxygens (including phenoxy) is 2. The number of rotatable bonds is 3. The van der Waals surface area contributed by atoms with Gasteiger partial charge in [-0.05, 0) is 13.8 Å². The second-order valence-electron chi connectivity index (χ2n) is 4.13. The van der Waals surface area contributed by atoms with Crippen molar-refractivity contribution in [1.82, 2.24) is 4.90 Å². The van der Waals surface area contributed by atoms with E-state index in [0.717, 1.165) is 0 Å². The average molecular weight is 201 g/mol. The Morgan fingerprint density at radius 1 is 1.43 bits per heavy atom. The zero-order valence-electron chi connectivity index (χ0n) is 9.21. The molecular formula is C10H19NO3. The average Bonchev–Trinajstić information content (AvgIpc) is 2.19. The molecule has 0 N–H and O–H groups in total. The van der Waals surface area contributed by atoms with Crippen LogP contribution >= 0.6 is 0 Å². The molecule has 0 spiro atoms. The summed E-state index contributed by atoms with van der Waals surface area (Å²) in [7, 11) is 1.63. The Kier molecular flexibility index (Phi) is 3.89. The Labute approximate surface area is 85.2 Å². The lowest BCUT2D eigenvalue weighted by Crippen LogP contribution is -2.43. The molecule has 0 atom stereocenters. The first-order valence-corrected chi connectivity index (χ1v) is 4.96. The van der Waals surface area contributed by atoms with Gasteiger partial charge in [-0.15, -0.1) is 0 Å². The fourth-order valence-corrected chi connectivity index (χ4v) is 1.36. The number of nitrogens with zero attached hydrogens (tertiary/aromatic N) is 1. The Morgan fingerprint density at radius 3 is 2.50 bits per heavy atom. The van der Waals surface area contributed by atoms with Crippen molar-refractivity contribution in [3.05, 3.63) is 0 Å². The topological polar surface area (TPSA) is 38.8 Å². The molecule has 4 heteroatoms. The number of hydrogen-bond acceptors (Lipinski definition) is 3. The highest BCUT2D eigenvalue weighted by Crippen LogP contribution is 2.15. The van der Waals surface area contributed by atoms with Crippen molar-refractivity contribution in [2.45, 2.75) is 25.9 Å². The Morgan fingerprint density at radius 2 is 2.00 bits per heavy atom. The molecule has 0 aromatic carbocycles. The van der Waals surface area contributed by atoms with Crippen LogP contribution in [0, 0.1) is 0 Å². The maximum absolute atomic E-state index is 11.8. The summed E-state index contributed by atoms with van der Waals surface area (Å²) in [5.74, 6) is 0.153. The fourth-order valence-electron chi connectivity index (χ4n) is 1.36. The molecule has 1 aliphatic heterocycles. The van der Waals surface area contributed by atoms with Gasteiger partial charge in [-0.2, -0.15) is 0 Å². The summed E-state index contributed by atoms with van der Waals surface area (Å²) in [4.78, 5) is 13.6. The van der Waals surface area contributed by atoms with Gasteiger partial charge in [0.1, 0.15) is 0 Å². The van der Waals surface area contributed by atoms with Crippen LogP contribution in [-0.4, -0.2) is 49.8 Å². The van der Waals surface area contributed by atoms with Crippen molar-refractivity contribution >= 4 is 5.91 Å². The van der Waals surface area contributed by atoms with Crippen LogP contribution in [0.25, 0.3) is 0 Å². The number of carbonyl (C=O) groups is 1. The van der Waals surface area contributed by atoms with Crippen molar-refractivity contribution < 1.29 is 14.3 Å². The highest BCUT2D eigenvalue weighted by atomic mass is 16.5. The quantitative estimate of drug-likeness (QED) is 0.673. The van der Waals surface area contributed by atoms with E-state index in [1.165, 1.54) is 0 Å². The monoisotopic (exact) mass is 201 g/mol. The Hall–Kier alpha value is -0.610.